The molecular formula is C13H12N2O2. The van der Waals surface area contributed by atoms with Gasteiger partial charge >= 0.3 is 0 Å². The second-order valence-corrected chi connectivity index (χ2v) is 4.04. The Morgan fingerprint density at radius 3 is 2.82 bits per heavy atom. The van der Waals surface area contributed by atoms with Crippen molar-refractivity contribution in [3.8, 4) is 5.75 Å². The summed E-state index contributed by atoms with van der Waals surface area (Å²) in [6, 6.07) is 7.77. The van der Waals surface area contributed by atoms with Crippen molar-refractivity contribution in [2.75, 3.05) is 7.11 Å². The summed E-state index contributed by atoms with van der Waals surface area (Å²) in [6.45, 7) is 0. The third kappa shape index (κ3) is 1.27. The summed E-state index contributed by atoms with van der Waals surface area (Å²) in [5.41, 5.74) is 3.70. The Kier molecular flexibility index (Phi) is 1.98. The van der Waals surface area contributed by atoms with E-state index in [-0.39, 0.29) is 0 Å². The average Bonchev–Trinajstić information content (AvgIpc) is 2.89. The van der Waals surface area contributed by atoms with Crippen LogP contribution in [0.3, 0.4) is 0 Å². The first kappa shape index (κ1) is 9.96. The number of carbonyl (C=O) groups is 1. The predicted molar refractivity (Wildman–Crippen MR) is 66.7 cm³/mol. The Morgan fingerprint density at radius 1 is 1.29 bits per heavy atom. The number of fused-ring (bicyclic) bond motifs is 3. The predicted octanol–water partition coefficient (Wildman–Crippen LogP) is 2.48. The quantitative estimate of drug-likeness (QED) is 0.685. The molecule has 86 valence electrons. The standard InChI is InChI=1S/C13H12N2O2/c1-15-11-6-9(17-2)3-4-10(11)13-12(15)5-8(7-16)14-13/h3-7,14H,1-2H3. The van der Waals surface area contributed by atoms with Gasteiger partial charge in [0.25, 0.3) is 0 Å². The molecule has 4 heteroatoms. The molecule has 0 spiro atoms. The number of ether oxygens (including phenoxy) is 1. The molecule has 17 heavy (non-hydrogen) atoms. The van der Waals surface area contributed by atoms with Gasteiger partial charge in [0.2, 0.25) is 0 Å². The van der Waals surface area contributed by atoms with Gasteiger partial charge < -0.3 is 14.3 Å². The SMILES string of the molecule is COc1ccc2c3[nH]c(C=O)cc3n(C)c2c1. The van der Waals surface area contributed by atoms with Gasteiger partial charge in [-0.25, -0.2) is 0 Å². The number of nitrogens with zero attached hydrogens (tertiary/aromatic N) is 1. The first-order chi connectivity index (χ1) is 8.24. The number of nitrogens with one attached hydrogen (secondary N) is 1. The van der Waals surface area contributed by atoms with Crippen LogP contribution in [0.1, 0.15) is 10.5 Å². The summed E-state index contributed by atoms with van der Waals surface area (Å²) in [5, 5.41) is 1.09. The van der Waals surface area contributed by atoms with Crippen molar-refractivity contribution in [2.24, 2.45) is 7.05 Å². The summed E-state index contributed by atoms with van der Waals surface area (Å²) < 4.78 is 7.27. The number of aromatic amines is 1. The van der Waals surface area contributed by atoms with E-state index in [4.69, 9.17) is 4.74 Å². The third-order valence-corrected chi connectivity index (χ3v) is 3.14. The molecular weight excluding hydrogens is 216 g/mol. The largest absolute Gasteiger partial charge is 0.497 e. The monoisotopic (exact) mass is 228 g/mol. The Hall–Kier alpha value is -2.23. The summed E-state index contributed by atoms with van der Waals surface area (Å²) in [5.74, 6) is 0.830. The molecule has 1 N–H and O–H groups in total. The number of aromatic nitrogens is 2. The number of H-pyrrole nitrogens is 1. The van der Waals surface area contributed by atoms with E-state index in [1.165, 1.54) is 0 Å². The molecule has 4 nitrogen and oxygen atoms in total. The zero-order valence-corrected chi connectivity index (χ0v) is 9.65. The van der Waals surface area contributed by atoms with Gasteiger partial charge in [-0.3, -0.25) is 4.79 Å². The number of methoxy groups -OCH3 is 1. The number of hydrogen-bond acceptors (Lipinski definition) is 2. The zero-order valence-electron chi connectivity index (χ0n) is 9.65. The minimum Gasteiger partial charge on any atom is -0.497 e. The van der Waals surface area contributed by atoms with Crippen LogP contribution in [0.4, 0.5) is 0 Å². The van der Waals surface area contributed by atoms with E-state index in [1.807, 2.05) is 31.3 Å². The smallest absolute Gasteiger partial charge is 0.166 e. The van der Waals surface area contributed by atoms with Gasteiger partial charge in [-0.15, -0.1) is 0 Å². The zero-order chi connectivity index (χ0) is 12.0. The molecule has 0 radical (unpaired) electrons. The summed E-state index contributed by atoms with van der Waals surface area (Å²) in [6.07, 6.45) is 0.829. The molecule has 2 heterocycles. The van der Waals surface area contributed by atoms with Crippen LogP contribution in [0, 0.1) is 0 Å². The van der Waals surface area contributed by atoms with E-state index in [0.717, 1.165) is 34.0 Å². The number of aryl methyl sites for hydroxylation is 1. The van der Waals surface area contributed by atoms with E-state index in [2.05, 4.69) is 9.55 Å². The molecule has 0 bridgehead atoms. The van der Waals surface area contributed by atoms with Crippen LogP contribution in [0.2, 0.25) is 0 Å². The third-order valence-electron chi connectivity index (χ3n) is 3.14. The lowest BCUT2D eigenvalue weighted by atomic mass is 10.2. The first-order valence-corrected chi connectivity index (χ1v) is 5.35. The molecule has 1 aromatic carbocycles. The van der Waals surface area contributed by atoms with Crippen LogP contribution in [-0.2, 0) is 7.05 Å². The van der Waals surface area contributed by atoms with Crippen LogP contribution in [0.25, 0.3) is 21.9 Å². The summed E-state index contributed by atoms with van der Waals surface area (Å²) in [4.78, 5) is 13.9. The van der Waals surface area contributed by atoms with Crippen LogP contribution < -0.4 is 4.74 Å². The van der Waals surface area contributed by atoms with E-state index in [1.54, 1.807) is 7.11 Å². The van der Waals surface area contributed by atoms with Gasteiger partial charge in [-0.05, 0) is 18.2 Å². The summed E-state index contributed by atoms with van der Waals surface area (Å²) >= 11 is 0. The van der Waals surface area contributed by atoms with Gasteiger partial charge in [0.15, 0.2) is 6.29 Å². The van der Waals surface area contributed by atoms with E-state index in [9.17, 15) is 4.79 Å². The van der Waals surface area contributed by atoms with Gasteiger partial charge in [0, 0.05) is 18.5 Å². The molecule has 0 aliphatic rings. The van der Waals surface area contributed by atoms with Crippen molar-refractivity contribution in [3.63, 3.8) is 0 Å². The maximum Gasteiger partial charge on any atom is 0.166 e. The van der Waals surface area contributed by atoms with Crippen LogP contribution in [0.15, 0.2) is 24.3 Å². The molecule has 0 aliphatic carbocycles. The highest BCUT2D eigenvalue weighted by molar-refractivity contribution is 6.08. The average molecular weight is 228 g/mol. The van der Waals surface area contributed by atoms with Crippen molar-refractivity contribution in [1.82, 2.24) is 9.55 Å². The maximum atomic E-state index is 10.8. The molecule has 2 aromatic heterocycles. The molecule has 0 unspecified atom stereocenters. The lowest BCUT2D eigenvalue weighted by Gasteiger charge is -2.01. The Bertz CT molecular complexity index is 722. The van der Waals surface area contributed by atoms with Crippen molar-refractivity contribution < 1.29 is 9.53 Å². The molecule has 0 amide bonds. The number of rotatable bonds is 2. The van der Waals surface area contributed by atoms with Gasteiger partial charge in [-0.2, -0.15) is 0 Å². The minimum atomic E-state index is 0.600. The first-order valence-electron chi connectivity index (χ1n) is 5.35. The Balaban J connectivity index is 2.43. The highest BCUT2D eigenvalue weighted by Gasteiger charge is 2.11. The van der Waals surface area contributed by atoms with Crippen molar-refractivity contribution in [2.45, 2.75) is 0 Å². The van der Waals surface area contributed by atoms with E-state index in [0.29, 0.717) is 5.69 Å². The van der Waals surface area contributed by atoms with Crippen LogP contribution in [-0.4, -0.2) is 22.9 Å². The van der Waals surface area contributed by atoms with Crippen molar-refractivity contribution in [1.29, 1.82) is 0 Å². The van der Waals surface area contributed by atoms with Gasteiger partial charge in [-0.1, -0.05) is 0 Å². The Morgan fingerprint density at radius 2 is 2.12 bits per heavy atom. The number of benzene rings is 1. The highest BCUT2D eigenvalue weighted by Crippen LogP contribution is 2.30. The topological polar surface area (TPSA) is 47.0 Å². The van der Waals surface area contributed by atoms with Crippen molar-refractivity contribution in [3.05, 3.63) is 30.0 Å². The fourth-order valence-corrected chi connectivity index (χ4v) is 2.25. The lowest BCUT2D eigenvalue weighted by Crippen LogP contribution is -1.88. The van der Waals surface area contributed by atoms with Gasteiger partial charge in [0.05, 0.1) is 29.4 Å². The van der Waals surface area contributed by atoms with Crippen molar-refractivity contribution >= 4 is 28.2 Å². The normalized spacial score (nSPS) is 11.2. The molecule has 0 atom stereocenters. The molecule has 3 rings (SSSR count). The second kappa shape index (κ2) is 3.38. The fraction of sp³-hybridized carbons (Fsp3) is 0.154. The molecule has 0 saturated heterocycles. The van der Waals surface area contributed by atoms with E-state index >= 15 is 0 Å². The second-order valence-electron chi connectivity index (χ2n) is 4.04. The highest BCUT2D eigenvalue weighted by atomic mass is 16.5. The fourth-order valence-electron chi connectivity index (χ4n) is 2.25. The number of aldehydes is 1. The number of hydrogen-bond donors (Lipinski definition) is 1. The molecule has 0 saturated carbocycles. The summed E-state index contributed by atoms with van der Waals surface area (Å²) in [7, 11) is 3.63. The Labute approximate surface area is 97.8 Å². The van der Waals surface area contributed by atoms with Crippen LogP contribution in [0.5, 0.6) is 5.75 Å². The lowest BCUT2D eigenvalue weighted by molar-refractivity contribution is 0.112. The van der Waals surface area contributed by atoms with Crippen LogP contribution >= 0.6 is 0 Å². The minimum absolute atomic E-state index is 0.600. The molecule has 0 fully saturated rings. The van der Waals surface area contributed by atoms with E-state index < -0.39 is 0 Å². The maximum absolute atomic E-state index is 10.8. The molecule has 0 aliphatic heterocycles. The van der Waals surface area contributed by atoms with Gasteiger partial charge in [0.1, 0.15) is 5.75 Å². The number of carbonyl (C=O) groups excluding carboxylic acids is 1. The molecule has 3 aromatic rings.